The van der Waals surface area contributed by atoms with Crippen LogP contribution < -0.4 is 0 Å². The second kappa shape index (κ2) is 9.88. The summed E-state index contributed by atoms with van der Waals surface area (Å²) in [5.41, 5.74) is 2.69. The van der Waals surface area contributed by atoms with Crippen LogP contribution in [0.5, 0.6) is 5.75 Å². The van der Waals surface area contributed by atoms with Crippen LogP contribution in [0.25, 0.3) is 0 Å². The maximum absolute atomic E-state index is 9.58. The predicted octanol–water partition coefficient (Wildman–Crippen LogP) is 3.42. The fraction of sp³-hybridized carbons (Fsp3) is 0.478. The quantitative estimate of drug-likeness (QED) is 0.774. The number of aromatic hydroxyl groups is 1. The Kier molecular flexibility index (Phi) is 7.27. The Morgan fingerprint density at radius 3 is 1.93 bits per heavy atom. The summed E-state index contributed by atoms with van der Waals surface area (Å²) in [6.07, 6.45) is 2.08. The van der Waals surface area contributed by atoms with Crippen molar-refractivity contribution >= 4 is 0 Å². The Morgan fingerprint density at radius 1 is 0.815 bits per heavy atom. The molecule has 146 valence electrons. The molecule has 0 spiro atoms. The van der Waals surface area contributed by atoms with Gasteiger partial charge in [0.2, 0.25) is 0 Å². The van der Waals surface area contributed by atoms with Crippen molar-refractivity contribution in [1.82, 2.24) is 14.9 Å². The topological polar surface area (TPSA) is 30.0 Å². The fourth-order valence-electron chi connectivity index (χ4n) is 4.10. The number of hydrazine groups is 1. The lowest BCUT2D eigenvalue weighted by atomic mass is 9.97. The van der Waals surface area contributed by atoms with E-state index in [4.69, 9.17) is 0 Å². The molecule has 1 fully saturated rings. The summed E-state index contributed by atoms with van der Waals surface area (Å²) in [6.45, 7) is 11.0. The van der Waals surface area contributed by atoms with Gasteiger partial charge in [-0.2, -0.15) is 0 Å². The van der Waals surface area contributed by atoms with Gasteiger partial charge in [-0.05, 0) is 36.1 Å². The Hall–Kier alpha value is -1.88. The van der Waals surface area contributed by atoms with E-state index >= 15 is 0 Å². The van der Waals surface area contributed by atoms with Crippen molar-refractivity contribution in [2.75, 3.05) is 39.3 Å². The zero-order valence-corrected chi connectivity index (χ0v) is 16.7. The summed E-state index contributed by atoms with van der Waals surface area (Å²) in [7, 11) is 0. The molecular weight excluding hydrogens is 334 g/mol. The van der Waals surface area contributed by atoms with Crippen LogP contribution in [0.15, 0.2) is 54.6 Å². The van der Waals surface area contributed by atoms with E-state index in [0.29, 0.717) is 11.8 Å². The van der Waals surface area contributed by atoms with E-state index in [1.165, 1.54) is 11.1 Å². The molecule has 1 saturated heterocycles. The lowest BCUT2D eigenvalue weighted by Gasteiger charge is -2.43. The first-order valence-corrected chi connectivity index (χ1v) is 10.2. The summed E-state index contributed by atoms with van der Waals surface area (Å²) in [5.74, 6) is 0.339. The van der Waals surface area contributed by atoms with Gasteiger partial charge in [-0.3, -0.25) is 4.90 Å². The molecule has 1 N–H and O–H groups in total. The molecule has 0 aliphatic carbocycles. The van der Waals surface area contributed by atoms with Gasteiger partial charge < -0.3 is 5.11 Å². The number of nitrogens with zero attached hydrogens (tertiary/aromatic N) is 3. The number of phenolic OH excluding ortho intramolecular Hbond substituents is 1. The van der Waals surface area contributed by atoms with Crippen LogP contribution in [0, 0.1) is 0 Å². The second-order valence-corrected chi connectivity index (χ2v) is 7.34. The average molecular weight is 368 g/mol. The minimum atomic E-state index is 0.339. The van der Waals surface area contributed by atoms with Crippen LogP contribution in [0.3, 0.4) is 0 Å². The molecule has 0 aromatic heterocycles. The van der Waals surface area contributed by atoms with Gasteiger partial charge in [-0.25, -0.2) is 10.0 Å². The van der Waals surface area contributed by atoms with Gasteiger partial charge in [0.25, 0.3) is 0 Å². The smallest absolute Gasteiger partial charge is 0.115 e. The Bertz CT molecular complexity index is 662. The SMILES string of the molecule is CCN(CC)N1CCN(C(Cc2ccccc2)Cc2ccc(O)cc2)CC1. The van der Waals surface area contributed by atoms with Gasteiger partial charge in [-0.1, -0.05) is 56.3 Å². The van der Waals surface area contributed by atoms with Crippen molar-refractivity contribution in [2.45, 2.75) is 32.7 Å². The third kappa shape index (κ3) is 5.55. The summed E-state index contributed by atoms with van der Waals surface area (Å²) < 4.78 is 0. The van der Waals surface area contributed by atoms with Crippen LogP contribution in [-0.2, 0) is 12.8 Å². The van der Waals surface area contributed by atoms with E-state index in [-0.39, 0.29) is 0 Å². The van der Waals surface area contributed by atoms with Crippen LogP contribution in [0.4, 0.5) is 0 Å². The molecule has 1 aliphatic heterocycles. The normalized spacial score (nSPS) is 17.3. The summed E-state index contributed by atoms with van der Waals surface area (Å²) >= 11 is 0. The Balaban J connectivity index is 1.69. The van der Waals surface area contributed by atoms with Crippen LogP contribution in [0.1, 0.15) is 25.0 Å². The van der Waals surface area contributed by atoms with E-state index in [9.17, 15) is 5.11 Å². The third-order valence-electron chi connectivity index (χ3n) is 5.66. The van der Waals surface area contributed by atoms with Crippen molar-refractivity contribution in [2.24, 2.45) is 0 Å². The number of phenols is 1. The number of rotatable bonds is 8. The van der Waals surface area contributed by atoms with Crippen LogP contribution in [0.2, 0.25) is 0 Å². The number of hydrogen-bond acceptors (Lipinski definition) is 4. The standard InChI is InChI=1S/C23H33N3O/c1-3-25(4-2)26-16-14-24(15-17-26)22(18-20-8-6-5-7-9-20)19-21-10-12-23(27)13-11-21/h5-13,22,27H,3-4,14-19H2,1-2H3. The minimum absolute atomic E-state index is 0.339. The Labute approximate surface area is 164 Å². The molecule has 27 heavy (non-hydrogen) atoms. The molecule has 1 aliphatic rings. The highest BCUT2D eigenvalue weighted by Gasteiger charge is 2.26. The number of piperazine rings is 1. The zero-order valence-electron chi connectivity index (χ0n) is 16.7. The van der Waals surface area contributed by atoms with Gasteiger partial charge in [0.05, 0.1) is 0 Å². The van der Waals surface area contributed by atoms with E-state index in [1.807, 2.05) is 0 Å². The molecule has 2 aromatic carbocycles. The Morgan fingerprint density at radius 2 is 1.37 bits per heavy atom. The summed E-state index contributed by atoms with van der Waals surface area (Å²) in [4.78, 5) is 2.65. The first kappa shape index (κ1) is 19.9. The lowest BCUT2D eigenvalue weighted by Crippen LogP contribution is -2.56. The first-order chi connectivity index (χ1) is 13.2. The molecule has 0 saturated carbocycles. The monoisotopic (exact) mass is 367 g/mol. The maximum atomic E-state index is 9.58. The molecular formula is C23H33N3O. The molecule has 4 nitrogen and oxygen atoms in total. The van der Waals surface area contributed by atoms with Crippen molar-refractivity contribution in [1.29, 1.82) is 0 Å². The van der Waals surface area contributed by atoms with Gasteiger partial charge in [0.15, 0.2) is 0 Å². The minimum Gasteiger partial charge on any atom is -0.508 e. The van der Waals surface area contributed by atoms with E-state index in [2.05, 4.69) is 71.2 Å². The first-order valence-electron chi connectivity index (χ1n) is 10.2. The molecule has 1 unspecified atom stereocenters. The fourth-order valence-corrected chi connectivity index (χ4v) is 4.10. The summed E-state index contributed by atoms with van der Waals surface area (Å²) in [5, 5.41) is 14.5. The highest BCUT2D eigenvalue weighted by molar-refractivity contribution is 5.27. The van der Waals surface area contributed by atoms with Crippen molar-refractivity contribution in [3.63, 3.8) is 0 Å². The van der Waals surface area contributed by atoms with E-state index < -0.39 is 0 Å². The molecule has 4 heteroatoms. The second-order valence-electron chi connectivity index (χ2n) is 7.34. The number of hydrogen-bond donors (Lipinski definition) is 1. The molecule has 0 radical (unpaired) electrons. The van der Waals surface area contributed by atoms with Crippen molar-refractivity contribution in [3.8, 4) is 5.75 Å². The largest absolute Gasteiger partial charge is 0.508 e. The van der Waals surface area contributed by atoms with Gasteiger partial charge in [-0.15, -0.1) is 0 Å². The van der Waals surface area contributed by atoms with E-state index in [1.54, 1.807) is 12.1 Å². The van der Waals surface area contributed by atoms with E-state index in [0.717, 1.165) is 52.1 Å². The average Bonchev–Trinajstić information content (AvgIpc) is 2.71. The van der Waals surface area contributed by atoms with Crippen molar-refractivity contribution in [3.05, 3.63) is 65.7 Å². The molecule has 0 bridgehead atoms. The van der Waals surface area contributed by atoms with Crippen molar-refractivity contribution < 1.29 is 5.11 Å². The van der Waals surface area contributed by atoms with Gasteiger partial charge in [0.1, 0.15) is 5.75 Å². The zero-order chi connectivity index (χ0) is 19.1. The van der Waals surface area contributed by atoms with Gasteiger partial charge in [0, 0.05) is 45.3 Å². The van der Waals surface area contributed by atoms with Crippen LogP contribution >= 0.6 is 0 Å². The molecule has 3 rings (SSSR count). The maximum Gasteiger partial charge on any atom is 0.115 e. The lowest BCUT2D eigenvalue weighted by molar-refractivity contribution is -0.0577. The summed E-state index contributed by atoms with van der Waals surface area (Å²) in [6, 6.07) is 19.0. The molecule has 1 atom stereocenters. The highest BCUT2D eigenvalue weighted by Crippen LogP contribution is 2.19. The predicted molar refractivity (Wildman–Crippen MR) is 112 cm³/mol. The molecule has 0 amide bonds. The van der Waals surface area contributed by atoms with Gasteiger partial charge >= 0.3 is 0 Å². The third-order valence-corrected chi connectivity index (χ3v) is 5.66. The number of benzene rings is 2. The van der Waals surface area contributed by atoms with Crippen LogP contribution in [-0.4, -0.2) is 65.3 Å². The molecule has 2 aromatic rings. The highest BCUT2D eigenvalue weighted by atomic mass is 16.3. The molecule has 1 heterocycles.